The summed E-state index contributed by atoms with van der Waals surface area (Å²) in [6.45, 7) is 1.77. The lowest BCUT2D eigenvalue weighted by molar-refractivity contribution is 0.102. The highest BCUT2D eigenvalue weighted by Crippen LogP contribution is 2.23. The van der Waals surface area contributed by atoms with Gasteiger partial charge in [-0.25, -0.2) is 9.37 Å². The van der Waals surface area contributed by atoms with E-state index in [4.69, 9.17) is 0 Å². The van der Waals surface area contributed by atoms with Crippen LogP contribution in [-0.2, 0) is 0 Å². The van der Waals surface area contributed by atoms with Gasteiger partial charge in [0.1, 0.15) is 5.82 Å². The number of hydrogen-bond acceptors (Lipinski definition) is 3. The van der Waals surface area contributed by atoms with Crippen molar-refractivity contribution in [3.05, 3.63) is 45.1 Å². The number of nitrogens with one attached hydrogen (secondary N) is 1. The van der Waals surface area contributed by atoms with Crippen LogP contribution in [0.5, 0.6) is 0 Å². The zero-order valence-corrected chi connectivity index (χ0v) is 11.2. The Kier molecular flexibility index (Phi) is 3.54. The number of carbonyl (C=O) groups excluding carboxylic acids is 1. The van der Waals surface area contributed by atoms with Crippen molar-refractivity contribution in [2.24, 2.45) is 0 Å². The third-order valence-corrected chi connectivity index (χ3v) is 3.46. The van der Waals surface area contributed by atoms with E-state index < -0.39 is 11.7 Å². The number of carbonyl (C=O) groups is 1. The minimum Gasteiger partial charge on any atom is -0.298 e. The third kappa shape index (κ3) is 2.89. The molecular formula is C11H8BrFN2OS. The Balaban J connectivity index is 2.20. The zero-order valence-electron chi connectivity index (χ0n) is 8.83. The average molecular weight is 315 g/mol. The number of aromatic nitrogens is 1. The highest BCUT2D eigenvalue weighted by molar-refractivity contribution is 9.11. The molecule has 0 atom stereocenters. The van der Waals surface area contributed by atoms with Crippen LogP contribution in [0.2, 0.25) is 0 Å². The first-order valence-corrected chi connectivity index (χ1v) is 6.36. The van der Waals surface area contributed by atoms with E-state index in [1.54, 1.807) is 19.2 Å². The SMILES string of the molecule is Cc1ccc(C(=O)Nc2ncc(Br)s2)c(F)c1. The Hall–Kier alpha value is -1.27. The quantitative estimate of drug-likeness (QED) is 0.920. The van der Waals surface area contributed by atoms with Gasteiger partial charge < -0.3 is 0 Å². The van der Waals surface area contributed by atoms with Crippen LogP contribution in [0.3, 0.4) is 0 Å². The molecule has 0 saturated carbocycles. The van der Waals surface area contributed by atoms with Crippen molar-refractivity contribution in [3.8, 4) is 0 Å². The van der Waals surface area contributed by atoms with Gasteiger partial charge in [-0.15, -0.1) is 0 Å². The van der Waals surface area contributed by atoms with Crippen LogP contribution >= 0.6 is 27.3 Å². The molecule has 1 aromatic carbocycles. The van der Waals surface area contributed by atoms with Crippen molar-refractivity contribution in [2.45, 2.75) is 6.92 Å². The Morgan fingerprint density at radius 3 is 2.88 bits per heavy atom. The summed E-state index contributed by atoms with van der Waals surface area (Å²) in [7, 11) is 0. The summed E-state index contributed by atoms with van der Waals surface area (Å²) in [5.74, 6) is -1.03. The predicted molar refractivity (Wildman–Crippen MR) is 68.9 cm³/mol. The second kappa shape index (κ2) is 4.93. The first-order chi connectivity index (χ1) is 8.06. The van der Waals surface area contributed by atoms with Gasteiger partial charge in [-0.1, -0.05) is 17.4 Å². The van der Waals surface area contributed by atoms with Crippen molar-refractivity contribution in [2.75, 3.05) is 5.32 Å². The highest BCUT2D eigenvalue weighted by Gasteiger charge is 2.13. The van der Waals surface area contributed by atoms with Crippen LogP contribution in [0.15, 0.2) is 28.2 Å². The van der Waals surface area contributed by atoms with E-state index >= 15 is 0 Å². The molecule has 6 heteroatoms. The normalized spacial score (nSPS) is 10.3. The van der Waals surface area contributed by atoms with Crippen LogP contribution in [0.4, 0.5) is 9.52 Å². The summed E-state index contributed by atoms with van der Waals surface area (Å²) in [5.41, 5.74) is 0.790. The molecule has 0 fully saturated rings. The van der Waals surface area contributed by atoms with Gasteiger partial charge >= 0.3 is 0 Å². The van der Waals surface area contributed by atoms with Gasteiger partial charge in [0, 0.05) is 0 Å². The van der Waals surface area contributed by atoms with Gasteiger partial charge in [0.05, 0.1) is 15.5 Å². The predicted octanol–water partition coefficient (Wildman–Crippen LogP) is 3.61. The molecule has 0 aliphatic heterocycles. The molecule has 1 heterocycles. The topological polar surface area (TPSA) is 42.0 Å². The Morgan fingerprint density at radius 1 is 1.53 bits per heavy atom. The lowest BCUT2D eigenvalue weighted by atomic mass is 10.1. The van der Waals surface area contributed by atoms with Crippen LogP contribution in [-0.4, -0.2) is 10.9 Å². The Bertz CT molecular complexity index is 570. The third-order valence-electron chi connectivity index (χ3n) is 2.07. The van der Waals surface area contributed by atoms with Gasteiger partial charge in [-0.05, 0) is 40.5 Å². The van der Waals surface area contributed by atoms with E-state index in [-0.39, 0.29) is 5.56 Å². The summed E-state index contributed by atoms with van der Waals surface area (Å²) < 4.78 is 14.3. The average Bonchev–Trinajstić information content (AvgIpc) is 2.63. The summed E-state index contributed by atoms with van der Waals surface area (Å²) in [6, 6.07) is 4.48. The number of rotatable bonds is 2. The zero-order chi connectivity index (χ0) is 12.4. The lowest BCUT2D eigenvalue weighted by Gasteiger charge is -2.03. The minimum atomic E-state index is -0.530. The van der Waals surface area contributed by atoms with Crippen molar-refractivity contribution in [1.82, 2.24) is 4.98 Å². The number of halogens is 2. The molecule has 0 aliphatic carbocycles. The van der Waals surface area contributed by atoms with E-state index in [0.717, 1.165) is 9.35 Å². The lowest BCUT2D eigenvalue weighted by Crippen LogP contribution is -2.13. The van der Waals surface area contributed by atoms with E-state index in [0.29, 0.717) is 5.13 Å². The molecule has 2 aromatic rings. The van der Waals surface area contributed by atoms with Gasteiger partial charge in [0.2, 0.25) is 0 Å². The molecule has 1 N–H and O–H groups in total. The summed E-state index contributed by atoms with van der Waals surface area (Å²) in [5, 5.41) is 2.97. The van der Waals surface area contributed by atoms with Crippen molar-refractivity contribution < 1.29 is 9.18 Å². The minimum absolute atomic E-state index is 0.0157. The van der Waals surface area contributed by atoms with E-state index in [2.05, 4.69) is 26.2 Å². The largest absolute Gasteiger partial charge is 0.298 e. The van der Waals surface area contributed by atoms with Crippen LogP contribution in [0, 0.1) is 12.7 Å². The Morgan fingerprint density at radius 2 is 2.29 bits per heavy atom. The molecule has 0 spiro atoms. The van der Waals surface area contributed by atoms with E-state index in [9.17, 15) is 9.18 Å². The van der Waals surface area contributed by atoms with Crippen molar-refractivity contribution in [1.29, 1.82) is 0 Å². The molecule has 2 rings (SSSR count). The Labute approximate surface area is 110 Å². The number of amides is 1. The highest BCUT2D eigenvalue weighted by atomic mass is 79.9. The van der Waals surface area contributed by atoms with Crippen molar-refractivity contribution in [3.63, 3.8) is 0 Å². The van der Waals surface area contributed by atoms with Crippen LogP contribution in [0.25, 0.3) is 0 Å². The number of anilines is 1. The second-order valence-corrected chi connectivity index (χ2v) is 5.82. The fourth-order valence-electron chi connectivity index (χ4n) is 1.28. The van der Waals surface area contributed by atoms with Crippen molar-refractivity contribution >= 4 is 38.3 Å². The van der Waals surface area contributed by atoms with E-state index in [1.165, 1.54) is 23.5 Å². The number of hydrogen-bond donors (Lipinski definition) is 1. The first-order valence-electron chi connectivity index (χ1n) is 4.75. The fourth-order valence-corrected chi connectivity index (χ4v) is 2.38. The molecule has 17 heavy (non-hydrogen) atoms. The van der Waals surface area contributed by atoms with E-state index in [1.807, 2.05) is 0 Å². The van der Waals surface area contributed by atoms with Gasteiger partial charge in [-0.2, -0.15) is 0 Å². The van der Waals surface area contributed by atoms with Crippen LogP contribution < -0.4 is 5.32 Å². The molecule has 1 aromatic heterocycles. The maximum Gasteiger partial charge on any atom is 0.260 e. The molecule has 0 radical (unpaired) electrons. The molecule has 0 bridgehead atoms. The molecule has 0 saturated heterocycles. The van der Waals surface area contributed by atoms with Crippen LogP contribution in [0.1, 0.15) is 15.9 Å². The summed E-state index contributed by atoms with van der Waals surface area (Å²) in [4.78, 5) is 15.7. The number of benzene rings is 1. The molecule has 0 aliphatic rings. The standard InChI is InChI=1S/C11H8BrFN2OS/c1-6-2-3-7(8(13)4-6)10(16)15-11-14-5-9(12)17-11/h2-5H,1H3,(H,14,15,16). The molecule has 3 nitrogen and oxygen atoms in total. The van der Waals surface area contributed by atoms with Gasteiger partial charge in [0.15, 0.2) is 5.13 Å². The second-order valence-electron chi connectivity index (χ2n) is 3.41. The first kappa shape index (κ1) is 12.2. The molecule has 1 amide bonds. The number of aryl methyl sites for hydroxylation is 1. The fraction of sp³-hybridized carbons (Fsp3) is 0.0909. The summed E-state index contributed by atoms with van der Waals surface area (Å²) >= 11 is 4.50. The smallest absolute Gasteiger partial charge is 0.260 e. The number of nitrogens with zero attached hydrogens (tertiary/aromatic N) is 1. The van der Waals surface area contributed by atoms with Gasteiger partial charge in [-0.3, -0.25) is 10.1 Å². The molecule has 0 unspecified atom stereocenters. The number of thiazole rings is 1. The summed E-state index contributed by atoms with van der Waals surface area (Å²) in [6.07, 6.45) is 1.58. The maximum absolute atomic E-state index is 13.5. The van der Waals surface area contributed by atoms with Gasteiger partial charge in [0.25, 0.3) is 5.91 Å². The molecule has 88 valence electrons. The molecular weight excluding hydrogens is 307 g/mol. The maximum atomic E-state index is 13.5. The monoisotopic (exact) mass is 314 g/mol.